The molecule has 9 nitrogen and oxygen atoms in total. The van der Waals surface area contributed by atoms with E-state index in [0.29, 0.717) is 11.5 Å². The second kappa shape index (κ2) is 9.36. The largest absolute Gasteiger partial charge is 0.493 e. The van der Waals surface area contributed by atoms with Crippen LogP contribution in [0.15, 0.2) is 36.4 Å². The van der Waals surface area contributed by atoms with Gasteiger partial charge in [-0.15, -0.1) is 0 Å². The van der Waals surface area contributed by atoms with E-state index in [1.807, 2.05) is 0 Å². The number of amides is 1. The van der Waals surface area contributed by atoms with Crippen LogP contribution in [-0.2, 0) is 16.1 Å². The fourth-order valence-electron chi connectivity index (χ4n) is 2.49. The van der Waals surface area contributed by atoms with Gasteiger partial charge in [-0.05, 0) is 30.7 Å². The smallest absolute Gasteiger partial charge is 0.339 e. The normalized spacial score (nSPS) is 10.1. The minimum Gasteiger partial charge on any atom is -0.493 e. The van der Waals surface area contributed by atoms with E-state index in [-0.39, 0.29) is 23.4 Å². The first-order valence-corrected chi connectivity index (χ1v) is 8.26. The van der Waals surface area contributed by atoms with Crippen LogP contribution in [0.1, 0.15) is 21.5 Å². The van der Waals surface area contributed by atoms with Crippen molar-refractivity contribution in [2.24, 2.45) is 0 Å². The lowest BCUT2D eigenvalue weighted by Crippen LogP contribution is -2.28. The zero-order valence-electron chi connectivity index (χ0n) is 15.7. The van der Waals surface area contributed by atoms with Crippen LogP contribution in [-0.4, -0.2) is 37.6 Å². The minimum atomic E-state index is -0.803. The maximum Gasteiger partial charge on any atom is 0.339 e. The Balaban J connectivity index is 1.92. The highest BCUT2D eigenvalue weighted by molar-refractivity contribution is 5.93. The number of carbonyl (C=O) groups excluding carboxylic acids is 2. The summed E-state index contributed by atoms with van der Waals surface area (Å²) in [5.41, 5.74) is 0.810. The summed E-state index contributed by atoms with van der Waals surface area (Å²) in [6, 6.07) is 9.29. The Labute approximate surface area is 161 Å². The number of hydrogen-bond acceptors (Lipinski definition) is 7. The number of rotatable bonds is 8. The zero-order valence-corrected chi connectivity index (χ0v) is 15.7. The van der Waals surface area contributed by atoms with Crippen LogP contribution in [0.2, 0.25) is 0 Å². The van der Waals surface area contributed by atoms with E-state index in [4.69, 9.17) is 14.2 Å². The Kier molecular flexibility index (Phi) is 6.91. The molecule has 0 unspecified atom stereocenters. The molecule has 0 saturated carbocycles. The number of ether oxygens (including phenoxy) is 3. The fourth-order valence-corrected chi connectivity index (χ4v) is 2.49. The number of hydrogen-bond donors (Lipinski definition) is 1. The van der Waals surface area contributed by atoms with Crippen molar-refractivity contribution in [1.82, 2.24) is 5.32 Å². The highest BCUT2D eigenvalue weighted by Crippen LogP contribution is 2.27. The molecule has 0 aromatic heterocycles. The van der Waals surface area contributed by atoms with Crippen LogP contribution >= 0.6 is 0 Å². The lowest BCUT2D eigenvalue weighted by atomic mass is 10.1. The SMILES string of the molecule is COc1ccc(CNC(=O)COC(=O)c2cccc([N+](=O)[O-])c2C)cc1OC. The van der Waals surface area contributed by atoms with Crippen molar-refractivity contribution in [3.05, 3.63) is 63.2 Å². The first-order chi connectivity index (χ1) is 13.4. The number of carbonyl (C=O) groups is 2. The predicted molar refractivity (Wildman–Crippen MR) is 99.5 cm³/mol. The van der Waals surface area contributed by atoms with Crippen molar-refractivity contribution < 1.29 is 28.7 Å². The third-order valence-electron chi connectivity index (χ3n) is 3.99. The van der Waals surface area contributed by atoms with Crippen LogP contribution in [0, 0.1) is 17.0 Å². The predicted octanol–water partition coefficient (Wildman–Crippen LogP) is 2.39. The molecule has 1 N–H and O–H groups in total. The molecule has 148 valence electrons. The Morgan fingerprint density at radius 1 is 1.11 bits per heavy atom. The Morgan fingerprint density at radius 2 is 1.82 bits per heavy atom. The van der Waals surface area contributed by atoms with Crippen molar-refractivity contribution in [1.29, 1.82) is 0 Å². The lowest BCUT2D eigenvalue weighted by Gasteiger charge is -2.11. The van der Waals surface area contributed by atoms with Gasteiger partial charge in [-0.25, -0.2) is 4.79 Å². The molecule has 0 saturated heterocycles. The van der Waals surface area contributed by atoms with Crippen LogP contribution in [0.3, 0.4) is 0 Å². The molecular weight excluding hydrogens is 368 g/mol. The third kappa shape index (κ3) is 4.97. The van der Waals surface area contributed by atoms with Crippen LogP contribution in [0.25, 0.3) is 0 Å². The van der Waals surface area contributed by atoms with Crippen molar-refractivity contribution >= 4 is 17.6 Å². The molecular formula is C19H20N2O7. The summed E-state index contributed by atoms with van der Waals surface area (Å²) in [7, 11) is 3.03. The summed E-state index contributed by atoms with van der Waals surface area (Å²) in [5, 5.41) is 13.6. The molecule has 0 bridgehead atoms. The van der Waals surface area contributed by atoms with Crippen molar-refractivity contribution in [2.75, 3.05) is 20.8 Å². The van der Waals surface area contributed by atoms with Gasteiger partial charge in [-0.2, -0.15) is 0 Å². The molecule has 0 heterocycles. The van der Waals surface area contributed by atoms with Crippen molar-refractivity contribution in [3.8, 4) is 11.5 Å². The minimum absolute atomic E-state index is 0.0434. The standard InChI is InChI=1S/C19H20N2O7/c1-12-14(5-4-6-15(12)21(24)25)19(23)28-11-18(22)20-10-13-7-8-16(26-2)17(9-13)27-3/h4-9H,10-11H2,1-3H3,(H,20,22). The van der Waals surface area contributed by atoms with Gasteiger partial charge >= 0.3 is 5.97 Å². The number of benzene rings is 2. The summed E-state index contributed by atoms with van der Waals surface area (Å²) in [4.78, 5) is 34.4. The second-order valence-electron chi connectivity index (χ2n) is 5.75. The zero-order chi connectivity index (χ0) is 20.7. The molecule has 0 aliphatic heterocycles. The first-order valence-electron chi connectivity index (χ1n) is 8.26. The van der Waals surface area contributed by atoms with Crippen molar-refractivity contribution in [2.45, 2.75) is 13.5 Å². The van der Waals surface area contributed by atoms with E-state index in [1.165, 1.54) is 39.3 Å². The molecule has 2 aromatic carbocycles. The number of nitro groups is 1. The highest BCUT2D eigenvalue weighted by Gasteiger charge is 2.19. The van der Waals surface area contributed by atoms with Gasteiger partial charge in [0, 0.05) is 18.2 Å². The summed E-state index contributed by atoms with van der Waals surface area (Å²) >= 11 is 0. The van der Waals surface area contributed by atoms with Gasteiger partial charge in [0.15, 0.2) is 18.1 Å². The average Bonchev–Trinajstić information content (AvgIpc) is 2.70. The van der Waals surface area contributed by atoms with Gasteiger partial charge in [0.05, 0.1) is 24.7 Å². The Morgan fingerprint density at radius 3 is 2.46 bits per heavy atom. The first kappa shape index (κ1) is 20.7. The van der Waals surface area contributed by atoms with E-state index in [0.717, 1.165) is 5.56 Å². The van der Waals surface area contributed by atoms with Gasteiger partial charge in [-0.3, -0.25) is 14.9 Å². The van der Waals surface area contributed by atoms with Crippen LogP contribution in [0.4, 0.5) is 5.69 Å². The molecule has 2 aromatic rings. The maximum absolute atomic E-state index is 12.1. The molecule has 0 fully saturated rings. The van der Waals surface area contributed by atoms with Gasteiger partial charge in [-0.1, -0.05) is 12.1 Å². The molecule has 9 heteroatoms. The van der Waals surface area contributed by atoms with Gasteiger partial charge < -0.3 is 19.5 Å². The lowest BCUT2D eigenvalue weighted by molar-refractivity contribution is -0.385. The van der Waals surface area contributed by atoms with Crippen LogP contribution < -0.4 is 14.8 Å². The maximum atomic E-state index is 12.1. The average molecular weight is 388 g/mol. The number of nitrogens with one attached hydrogen (secondary N) is 1. The number of methoxy groups -OCH3 is 2. The Hall–Kier alpha value is -3.62. The van der Waals surface area contributed by atoms with Gasteiger partial charge in [0.2, 0.25) is 0 Å². The highest BCUT2D eigenvalue weighted by atomic mass is 16.6. The van der Waals surface area contributed by atoms with E-state index < -0.39 is 23.4 Å². The summed E-state index contributed by atoms with van der Waals surface area (Å²) in [5.74, 6) is -0.214. The Bertz CT molecular complexity index is 896. The van der Waals surface area contributed by atoms with E-state index in [1.54, 1.807) is 18.2 Å². The van der Waals surface area contributed by atoms with E-state index in [9.17, 15) is 19.7 Å². The number of nitrogens with zero attached hydrogens (tertiary/aromatic N) is 1. The van der Waals surface area contributed by atoms with E-state index in [2.05, 4.69) is 5.32 Å². The summed E-state index contributed by atoms with van der Waals surface area (Å²) in [6.07, 6.45) is 0. The summed E-state index contributed by atoms with van der Waals surface area (Å²) < 4.78 is 15.3. The molecule has 0 aliphatic carbocycles. The van der Waals surface area contributed by atoms with Gasteiger partial charge in [0.1, 0.15) is 0 Å². The number of esters is 1. The molecule has 0 radical (unpaired) electrons. The fraction of sp³-hybridized carbons (Fsp3) is 0.263. The molecule has 0 aliphatic rings. The third-order valence-corrected chi connectivity index (χ3v) is 3.99. The molecule has 0 atom stereocenters. The molecule has 0 spiro atoms. The summed E-state index contributed by atoms with van der Waals surface area (Å²) in [6.45, 7) is 1.15. The van der Waals surface area contributed by atoms with Gasteiger partial charge in [0.25, 0.3) is 11.6 Å². The quantitative estimate of drug-likeness (QED) is 0.419. The molecule has 2 rings (SSSR count). The van der Waals surface area contributed by atoms with Crippen molar-refractivity contribution in [3.63, 3.8) is 0 Å². The molecule has 1 amide bonds. The number of nitro benzene ring substituents is 1. The van der Waals surface area contributed by atoms with E-state index >= 15 is 0 Å². The second-order valence-corrected chi connectivity index (χ2v) is 5.75. The van der Waals surface area contributed by atoms with Crippen LogP contribution in [0.5, 0.6) is 11.5 Å². The monoisotopic (exact) mass is 388 g/mol. The topological polar surface area (TPSA) is 117 Å². The molecule has 28 heavy (non-hydrogen) atoms.